The van der Waals surface area contributed by atoms with E-state index in [9.17, 15) is 15.0 Å². The van der Waals surface area contributed by atoms with Crippen molar-refractivity contribution in [1.82, 2.24) is 0 Å². The lowest BCUT2D eigenvalue weighted by Gasteiger charge is -2.18. The van der Waals surface area contributed by atoms with Crippen molar-refractivity contribution in [2.45, 2.75) is 37.1 Å². The highest BCUT2D eigenvalue weighted by molar-refractivity contribution is 5.79. The second-order valence-electron chi connectivity index (χ2n) is 7.58. The lowest BCUT2D eigenvalue weighted by Crippen LogP contribution is -2.16. The Morgan fingerprint density at radius 3 is 2.72 bits per heavy atom. The van der Waals surface area contributed by atoms with Gasteiger partial charge in [0.15, 0.2) is 0 Å². The van der Waals surface area contributed by atoms with Gasteiger partial charge >= 0.3 is 5.97 Å². The number of allylic oxidation sites excluding steroid dienone is 1. The molecule has 0 spiro atoms. The maximum Gasteiger partial charge on any atom is 0.327 e. The molecule has 3 N–H and O–H groups in total. The minimum absolute atomic E-state index is 0.0163. The lowest BCUT2D eigenvalue weighted by molar-refractivity contribution is -0.131. The third kappa shape index (κ3) is 3.97. The molecule has 0 radical (unpaired) electrons. The maximum atomic E-state index is 10.7. The summed E-state index contributed by atoms with van der Waals surface area (Å²) in [5.74, 6) is -0.306. The molecule has 1 heterocycles. The van der Waals surface area contributed by atoms with Crippen LogP contribution in [0.2, 0.25) is 0 Å². The molecule has 0 aromatic heterocycles. The third-order valence-corrected chi connectivity index (χ3v) is 5.74. The van der Waals surface area contributed by atoms with Crippen LogP contribution in [0.3, 0.4) is 0 Å². The molecule has 5 heteroatoms. The average Bonchev–Trinajstić information content (AvgIpc) is 3.22. The van der Waals surface area contributed by atoms with Crippen molar-refractivity contribution >= 4 is 5.97 Å². The first-order chi connectivity index (χ1) is 14.0. The standard InChI is InChI=1S/C24H24O5/c25-19(15-6-2-1-3-7-15)13-12-17-20(26)14-21-23(17)18-10-4-8-16(24(18)29-21)9-5-11-22(27)28/h1-8,10-13,17,19-21,23,25-26H,9,14H2,(H,27,28)/b11-5+,13-12+. The number of fused-ring (bicyclic) bond motifs is 3. The van der Waals surface area contributed by atoms with Crippen LogP contribution in [0.15, 0.2) is 72.8 Å². The fourth-order valence-electron chi connectivity index (χ4n) is 4.41. The van der Waals surface area contributed by atoms with Crippen molar-refractivity contribution < 1.29 is 24.9 Å². The van der Waals surface area contributed by atoms with Gasteiger partial charge in [-0.05, 0) is 17.5 Å². The molecule has 2 aliphatic rings. The van der Waals surface area contributed by atoms with Gasteiger partial charge < -0.3 is 20.1 Å². The number of hydrogen-bond acceptors (Lipinski definition) is 4. The van der Waals surface area contributed by atoms with Crippen LogP contribution >= 0.6 is 0 Å². The van der Waals surface area contributed by atoms with Gasteiger partial charge in [-0.3, -0.25) is 0 Å². The number of carbonyl (C=O) groups is 1. The van der Waals surface area contributed by atoms with E-state index in [0.717, 1.165) is 28.5 Å². The summed E-state index contributed by atoms with van der Waals surface area (Å²) in [5.41, 5.74) is 2.79. The molecule has 2 aromatic carbocycles. The number of ether oxygens (including phenoxy) is 1. The quantitative estimate of drug-likeness (QED) is 0.518. The van der Waals surface area contributed by atoms with Gasteiger partial charge in [0.05, 0.1) is 12.2 Å². The number of carboxylic acid groups (broad SMARTS) is 1. The van der Waals surface area contributed by atoms with Crippen LogP contribution in [-0.4, -0.2) is 33.5 Å². The van der Waals surface area contributed by atoms with E-state index >= 15 is 0 Å². The van der Waals surface area contributed by atoms with E-state index in [-0.39, 0.29) is 17.9 Å². The monoisotopic (exact) mass is 392 g/mol. The lowest BCUT2D eigenvalue weighted by atomic mass is 9.86. The number of aliphatic hydroxyl groups is 2. The van der Waals surface area contributed by atoms with Crippen LogP contribution in [0.5, 0.6) is 5.75 Å². The normalized spacial score (nSPS) is 26.4. The van der Waals surface area contributed by atoms with E-state index in [2.05, 4.69) is 0 Å². The Kier molecular flexibility index (Phi) is 5.51. The van der Waals surface area contributed by atoms with Crippen LogP contribution in [0.25, 0.3) is 0 Å². The first-order valence-electron chi connectivity index (χ1n) is 9.82. The van der Waals surface area contributed by atoms with Gasteiger partial charge in [0, 0.05) is 29.9 Å². The molecule has 1 saturated carbocycles. The van der Waals surface area contributed by atoms with Crippen LogP contribution in [-0.2, 0) is 11.2 Å². The number of aliphatic carboxylic acids is 1. The molecule has 2 aromatic rings. The van der Waals surface area contributed by atoms with Crippen molar-refractivity contribution in [1.29, 1.82) is 0 Å². The fourth-order valence-corrected chi connectivity index (χ4v) is 4.41. The second kappa shape index (κ2) is 8.23. The van der Waals surface area contributed by atoms with E-state index in [4.69, 9.17) is 9.84 Å². The number of hydrogen-bond donors (Lipinski definition) is 3. The Morgan fingerprint density at radius 1 is 1.17 bits per heavy atom. The summed E-state index contributed by atoms with van der Waals surface area (Å²) in [7, 11) is 0. The van der Waals surface area contributed by atoms with Gasteiger partial charge in [-0.2, -0.15) is 0 Å². The Morgan fingerprint density at radius 2 is 1.97 bits per heavy atom. The highest BCUT2D eigenvalue weighted by atomic mass is 16.5. The predicted octanol–water partition coefficient (Wildman–Crippen LogP) is 3.39. The van der Waals surface area contributed by atoms with Crippen LogP contribution in [0, 0.1) is 5.92 Å². The smallest absolute Gasteiger partial charge is 0.327 e. The van der Waals surface area contributed by atoms with Crippen molar-refractivity contribution in [3.63, 3.8) is 0 Å². The van der Waals surface area contributed by atoms with E-state index < -0.39 is 18.2 Å². The average molecular weight is 392 g/mol. The minimum atomic E-state index is -0.972. The van der Waals surface area contributed by atoms with Gasteiger partial charge in [-0.25, -0.2) is 4.79 Å². The second-order valence-corrected chi connectivity index (χ2v) is 7.58. The summed E-state index contributed by atoms with van der Waals surface area (Å²) < 4.78 is 6.17. The van der Waals surface area contributed by atoms with Gasteiger partial charge in [0.1, 0.15) is 11.9 Å². The highest BCUT2D eigenvalue weighted by Crippen LogP contribution is 2.52. The molecule has 1 aliphatic carbocycles. The zero-order chi connectivity index (χ0) is 20.4. The summed E-state index contributed by atoms with van der Waals surface area (Å²) in [5, 5.41) is 29.8. The maximum absolute atomic E-state index is 10.7. The summed E-state index contributed by atoms with van der Waals surface area (Å²) in [6.07, 6.45) is 6.02. The van der Waals surface area contributed by atoms with Gasteiger partial charge in [0.25, 0.3) is 0 Å². The minimum Gasteiger partial charge on any atom is -0.489 e. The largest absolute Gasteiger partial charge is 0.489 e. The Bertz CT molecular complexity index is 934. The molecule has 1 aliphatic heterocycles. The number of para-hydroxylation sites is 1. The molecule has 0 amide bonds. The zero-order valence-corrected chi connectivity index (χ0v) is 15.9. The van der Waals surface area contributed by atoms with E-state index in [1.807, 2.05) is 54.6 Å². The molecule has 5 unspecified atom stereocenters. The summed E-state index contributed by atoms with van der Waals surface area (Å²) in [6.45, 7) is 0. The predicted molar refractivity (Wildman–Crippen MR) is 109 cm³/mol. The first kappa shape index (κ1) is 19.4. The Hall–Kier alpha value is -2.89. The van der Waals surface area contributed by atoms with Crippen molar-refractivity contribution in [3.8, 4) is 5.75 Å². The Balaban J connectivity index is 1.56. The van der Waals surface area contributed by atoms with E-state index in [1.165, 1.54) is 0 Å². The van der Waals surface area contributed by atoms with Crippen molar-refractivity contribution in [2.75, 3.05) is 0 Å². The third-order valence-electron chi connectivity index (χ3n) is 5.74. The molecule has 150 valence electrons. The van der Waals surface area contributed by atoms with Crippen LogP contribution in [0.4, 0.5) is 0 Å². The molecular weight excluding hydrogens is 368 g/mol. The van der Waals surface area contributed by atoms with Gasteiger partial charge in [-0.15, -0.1) is 0 Å². The Labute approximate surface area is 169 Å². The molecular formula is C24H24O5. The van der Waals surface area contributed by atoms with E-state index in [0.29, 0.717) is 12.8 Å². The summed E-state index contributed by atoms with van der Waals surface area (Å²) in [4.78, 5) is 10.7. The molecule has 1 fully saturated rings. The zero-order valence-electron chi connectivity index (χ0n) is 15.9. The molecule has 5 atom stereocenters. The summed E-state index contributed by atoms with van der Waals surface area (Å²) >= 11 is 0. The van der Waals surface area contributed by atoms with E-state index in [1.54, 1.807) is 12.2 Å². The van der Waals surface area contributed by atoms with Crippen molar-refractivity contribution in [3.05, 3.63) is 89.5 Å². The van der Waals surface area contributed by atoms with Gasteiger partial charge in [-0.1, -0.05) is 66.8 Å². The first-order valence-corrected chi connectivity index (χ1v) is 9.82. The number of carboxylic acids is 1. The number of aliphatic hydroxyl groups excluding tert-OH is 2. The number of rotatable bonds is 6. The highest BCUT2D eigenvalue weighted by Gasteiger charge is 2.48. The van der Waals surface area contributed by atoms with Crippen molar-refractivity contribution in [2.24, 2.45) is 5.92 Å². The molecule has 0 bridgehead atoms. The molecule has 5 nitrogen and oxygen atoms in total. The fraction of sp³-hybridized carbons (Fsp3) is 0.292. The molecule has 29 heavy (non-hydrogen) atoms. The van der Waals surface area contributed by atoms with Gasteiger partial charge in [0.2, 0.25) is 0 Å². The molecule has 0 saturated heterocycles. The van der Waals surface area contributed by atoms with Crippen LogP contribution in [0.1, 0.15) is 35.1 Å². The summed E-state index contributed by atoms with van der Waals surface area (Å²) in [6, 6.07) is 15.3. The number of benzene rings is 2. The topological polar surface area (TPSA) is 87.0 Å². The SMILES string of the molecule is O=C(O)/C=C/Cc1cccc2c1OC1CC(O)C(/C=C/C(O)c3ccccc3)C21. The molecule has 4 rings (SSSR count). The van der Waals surface area contributed by atoms with Crippen LogP contribution < -0.4 is 4.74 Å².